The largest absolute Gasteiger partial charge is 0.370 e. The van der Waals surface area contributed by atoms with Crippen LogP contribution < -0.4 is 11.1 Å². The van der Waals surface area contributed by atoms with E-state index in [1.165, 1.54) is 11.1 Å². The maximum Gasteiger partial charge on any atom is 0.193 e. The standard InChI is InChI=1S/C17H25N5.HI/c1-3-14-7-5-8-15(4-2)16(14)21-17(18)20-9-6-11-22-12-10-19-13-22;/h5,7-8,10,12-13H,3-4,6,9,11H2,1-2H3,(H3,18,20,21);1H. The number of imidazole rings is 1. The highest BCUT2D eigenvalue weighted by atomic mass is 127. The van der Waals surface area contributed by atoms with Crippen molar-refractivity contribution in [1.29, 1.82) is 0 Å². The van der Waals surface area contributed by atoms with Gasteiger partial charge >= 0.3 is 0 Å². The van der Waals surface area contributed by atoms with Crippen molar-refractivity contribution in [2.45, 2.75) is 39.7 Å². The van der Waals surface area contributed by atoms with E-state index in [0.717, 1.165) is 31.5 Å². The summed E-state index contributed by atoms with van der Waals surface area (Å²) in [6.07, 6.45) is 8.45. The average Bonchev–Trinajstić information content (AvgIpc) is 3.05. The highest BCUT2D eigenvalue weighted by molar-refractivity contribution is 14.0. The van der Waals surface area contributed by atoms with Crippen LogP contribution in [0.2, 0.25) is 0 Å². The molecule has 1 heterocycles. The summed E-state index contributed by atoms with van der Waals surface area (Å²) in [5, 5.41) is 3.28. The van der Waals surface area contributed by atoms with E-state index in [0.29, 0.717) is 12.5 Å². The summed E-state index contributed by atoms with van der Waals surface area (Å²) in [5.74, 6) is 0.487. The molecule has 0 unspecified atom stereocenters. The first-order valence-corrected chi connectivity index (χ1v) is 7.88. The molecule has 23 heavy (non-hydrogen) atoms. The van der Waals surface area contributed by atoms with Crippen LogP contribution in [0.4, 0.5) is 5.69 Å². The van der Waals surface area contributed by atoms with Gasteiger partial charge in [-0.15, -0.1) is 24.0 Å². The van der Waals surface area contributed by atoms with Crippen LogP contribution in [0, 0.1) is 0 Å². The molecule has 0 radical (unpaired) electrons. The summed E-state index contributed by atoms with van der Waals surface area (Å²) in [6.45, 7) is 5.91. The van der Waals surface area contributed by atoms with E-state index in [9.17, 15) is 0 Å². The number of nitrogens with two attached hydrogens (primary N) is 1. The molecule has 0 aliphatic heterocycles. The van der Waals surface area contributed by atoms with Gasteiger partial charge in [-0.2, -0.15) is 0 Å². The number of aryl methyl sites for hydroxylation is 3. The second-order valence-electron chi connectivity index (χ2n) is 5.20. The van der Waals surface area contributed by atoms with Crippen LogP contribution in [0.25, 0.3) is 0 Å². The van der Waals surface area contributed by atoms with Crippen molar-refractivity contribution >= 4 is 35.6 Å². The lowest BCUT2D eigenvalue weighted by molar-refractivity contribution is 0.650. The number of para-hydroxylation sites is 1. The summed E-state index contributed by atoms with van der Waals surface area (Å²) in [7, 11) is 0. The number of benzene rings is 1. The molecule has 3 N–H and O–H groups in total. The minimum atomic E-state index is 0. The number of guanidine groups is 1. The van der Waals surface area contributed by atoms with Crippen molar-refractivity contribution in [3.8, 4) is 0 Å². The fourth-order valence-corrected chi connectivity index (χ4v) is 2.44. The molecule has 0 spiro atoms. The highest BCUT2D eigenvalue weighted by Gasteiger charge is 2.06. The fourth-order valence-electron chi connectivity index (χ4n) is 2.44. The van der Waals surface area contributed by atoms with Crippen molar-refractivity contribution in [3.63, 3.8) is 0 Å². The molecule has 0 atom stereocenters. The molecule has 2 rings (SSSR count). The molecule has 0 fully saturated rings. The van der Waals surface area contributed by atoms with Gasteiger partial charge in [0.1, 0.15) is 0 Å². The summed E-state index contributed by atoms with van der Waals surface area (Å²) in [5.41, 5.74) is 9.69. The second-order valence-corrected chi connectivity index (χ2v) is 5.20. The van der Waals surface area contributed by atoms with Crippen LogP contribution >= 0.6 is 24.0 Å². The number of aliphatic imine (C=N–C) groups is 1. The SMILES string of the molecule is CCc1cccc(CC)c1NC(N)=NCCCn1ccnc1.I. The van der Waals surface area contributed by atoms with Gasteiger partial charge in [-0.3, -0.25) is 4.99 Å². The third kappa shape index (κ3) is 5.85. The zero-order valence-electron chi connectivity index (χ0n) is 13.8. The number of aromatic nitrogens is 2. The van der Waals surface area contributed by atoms with E-state index in [-0.39, 0.29) is 24.0 Å². The monoisotopic (exact) mass is 427 g/mol. The number of hydrogen-bond donors (Lipinski definition) is 2. The van der Waals surface area contributed by atoms with Crippen LogP contribution in [0.1, 0.15) is 31.4 Å². The van der Waals surface area contributed by atoms with Crippen LogP contribution in [-0.2, 0) is 19.4 Å². The minimum absolute atomic E-state index is 0. The van der Waals surface area contributed by atoms with E-state index in [1.54, 1.807) is 6.20 Å². The van der Waals surface area contributed by atoms with Crippen LogP contribution in [0.5, 0.6) is 0 Å². The lowest BCUT2D eigenvalue weighted by Gasteiger charge is -2.14. The number of nitrogens with one attached hydrogen (secondary N) is 1. The topological polar surface area (TPSA) is 68.2 Å². The maximum absolute atomic E-state index is 6.03. The van der Waals surface area contributed by atoms with E-state index in [1.807, 2.05) is 17.1 Å². The summed E-state index contributed by atoms with van der Waals surface area (Å²) in [6, 6.07) is 6.36. The van der Waals surface area contributed by atoms with Gasteiger partial charge in [-0.05, 0) is 30.4 Å². The molecule has 126 valence electrons. The molecule has 6 heteroatoms. The molecule has 1 aromatic heterocycles. The van der Waals surface area contributed by atoms with Gasteiger partial charge in [-0.1, -0.05) is 32.0 Å². The normalized spacial score (nSPS) is 11.1. The Labute approximate surface area is 155 Å². The summed E-state index contributed by atoms with van der Waals surface area (Å²) < 4.78 is 2.04. The Morgan fingerprint density at radius 2 is 1.96 bits per heavy atom. The Balaban J connectivity index is 0.00000264. The predicted octanol–water partition coefficient (Wildman–Crippen LogP) is 3.44. The van der Waals surface area contributed by atoms with Crippen LogP contribution in [-0.4, -0.2) is 22.1 Å². The molecular formula is C17H26IN5. The number of anilines is 1. The molecule has 0 bridgehead atoms. The average molecular weight is 427 g/mol. The molecule has 0 saturated heterocycles. The van der Waals surface area contributed by atoms with Crippen molar-refractivity contribution < 1.29 is 0 Å². The number of hydrogen-bond acceptors (Lipinski definition) is 2. The highest BCUT2D eigenvalue weighted by Crippen LogP contribution is 2.22. The van der Waals surface area contributed by atoms with Gasteiger partial charge in [0.25, 0.3) is 0 Å². The Bertz CT molecular complexity index is 585. The lowest BCUT2D eigenvalue weighted by Crippen LogP contribution is -2.24. The van der Waals surface area contributed by atoms with Gasteiger partial charge in [0.2, 0.25) is 0 Å². The van der Waals surface area contributed by atoms with Gasteiger partial charge in [0.05, 0.1) is 6.33 Å². The molecular weight excluding hydrogens is 401 g/mol. The van der Waals surface area contributed by atoms with Gasteiger partial charge < -0.3 is 15.6 Å². The number of halogens is 1. The van der Waals surface area contributed by atoms with Crippen molar-refractivity contribution in [1.82, 2.24) is 9.55 Å². The Kier molecular flexibility index (Phi) is 8.68. The molecule has 0 aliphatic carbocycles. The molecule has 0 amide bonds. The summed E-state index contributed by atoms with van der Waals surface area (Å²) in [4.78, 5) is 8.44. The Morgan fingerprint density at radius 1 is 1.26 bits per heavy atom. The molecule has 0 aliphatic rings. The zero-order valence-corrected chi connectivity index (χ0v) is 16.2. The van der Waals surface area contributed by atoms with Gasteiger partial charge in [-0.25, -0.2) is 4.98 Å². The van der Waals surface area contributed by atoms with Gasteiger partial charge in [0, 0.05) is 31.2 Å². The van der Waals surface area contributed by atoms with Crippen molar-refractivity contribution in [3.05, 3.63) is 48.0 Å². The first kappa shape index (κ1) is 19.5. The van der Waals surface area contributed by atoms with E-state index in [4.69, 9.17) is 5.73 Å². The predicted molar refractivity (Wildman–Crippen MR) is 108 cm³/mol. The zero-order chi connectivity index (χ0) is 15.8. The second kappa shape index (κ2) is 10.3. The summed E-state index contributed by atoms with van der Waals surface area (Å²) >= 11 is 0. The Hall–Kier alpha value is -1.57. The molecule has 5 nitrogen and oxygen atoms in total. The quantitative estimate of drug-likeness (QED) is 0.308. The minimum Gasteiger partial charge on any atom is -0.370 e. The fraction of sp³-hybridized carbons (Fsp3) is 0.412. The van der Waals surface area contributed by atoms with Crippen molar-refractivity contribution in [2.24, 2.45) is 10.7 Å². The van der Waals surface area contributed by atoms with E-state index in [2.05, 4.69) is 47.3 Å². The van der Waals surface area contributed by atoms with E-state index >= 15 is 0 Å². The van der Waals surface area contributed by atoms with Crippen LogP contribution in [0.3, 0.4) is 0 Å². The third-order valence-corrected chi connectivity index (χ3v) is 3.67. The Morgan fingerprint density at radius 3 is 2.52 bits per heavy atom. The first-order chi connectivity index (χ1) is 10.7. The molecule has 0 saturated carbocycles. The van der Waals surface area contributed by atoms with Crippen LogP contribution in [0.15, 0.2) is 41.9 Å². The molecule has 2 aromatic rings. The number of nitrogens with zero attached hydrogens (tertiary/aromatic N) is 3. The lowest BCUT2D eigenvalue weighted by atomic mass is 10.0. The van der Waals surface area contributed by atoms with Crippen molar-refractivity contribution in [2.75, 3.05) is 11.9 Å². The number of rotatable bonds is 7. The smallest absolute Gasteiger partial charge is 0.193 e. The van der Waals surface area contributed by atoms with Gasteiger partial charge in [0.15, 0.2) is 5.96 Å². The first-order valence-electron chi connectivity index (χ1n) is 7.88. The van der Waals surface area contributed by atoms with E-state index < -0.39 is 0 Å². The third-order valence-electron chi connectivity index (χ3n) is 3.67. The maximum atomic E-state index is 6.03. The molecule has 1 aromatic carbocycles.